The normalized spacial score (nSPS) is 11.2. The lowest BCUT2D eigenvalue weighted by molar-refractivity contribution is 0.0997. The number of hydrogen-bond acceptors (Lipinski definition) is 5. The molecule has 0 bridgehead atoms. The maximum absolute atomic E-state index is 13.3. The van der Waals surface area contributed by atoms with Gasteiger partial charge in [0.15, 0.2) is 22.9 Å². The fraction of sp³-hybridized carbons (Fsp3) is 0.0588. The number of nitrogens with zero attached hydrogens (tertiary/aromatic N) is 4. The number of benzene rings is 1. The first-order valence-corrected chi connectivity index (χ1v) is 7.56. The molecule has 26 heavy (non-hydrogen) atoms. The summed E-state index contributed by atoms with van der Waals surface area (Å²) in [6.45, 7) is 0. The van der Waals surface area contributed by atoms with E-state index in [1.165, 1.54) is 46.7 Å². The number of halogens is 1. The van der Waals surface area contributed by atoms with Crippen LogP contribution in [0.15, 0.2) is 51.9 Å². The summed E-state index contributed by atoms with van der Waals surface area (Å²) < 4.78 is 21.0. The highest BCUT2D eigenvalue weighted by molar-refractivity contribution is 6.02. The molecule has 0 unspecified atom stereocenters. The van der Waals surface area contributed by atoms with Crippen molar-refractivity contribution in [1.29, 1.82) is 0 Å². The molecule has 9 heteroatoms. The number of aromatic nitrogens is 4. The van der Waals surface area contributed by atoms with Crippen LogP contribution in [-0.2, 0) is 7.05 Å². The Morgan fingerprint density at radius 3 is 2.54 bits per heavy atom. The maximum Gasteiger partial charge on any atom is 0.334 e. The highest BCUT2D eigenvalue weighted by atomic mass is 19.1. The Morgan fingerprint density at radius 2 is 1.92 bits per heavy atom. The van der Waals surface area contributed by atoms with Crippen LogP contribution in [0.2, 0.25) is 0 Å². The van der Waals surface area contributed by atoms with Gasteiger partial charge in [0.25, 0.3) is 5.91 Å². The van der Waals surface area contributed by atoms with Crippen LogP contribution in [0.1, 0.15) is 10.5 Å². The Kier molecular flexibility index (Phi) is 3.43. The zero-order valence-corrected chi connectivity index (χ0v) is 13.5. The molecule has 0 spiro atoms. The number of fused-ring (bicyclic) bond motifs is 1. The van der Waals surface area contributed by atoms with Crippen LogP contribution in [-0.4, -0.2) is 25.0 Å². The molecule has 0 atom stereocenters. The number of aryl methyl sites for hydroxylation is 1. The maximum atomic E-state index is 13.3. The van der Waals surface area contributed by atoms with Gasteiger partial charge < -0.3 is 10.2 Å². The molecular formula is C17H12FN5O3. The van der Waals surface area contributed by atoms with Crippen molar-refractivity contribution >= 4 is 17.1 Å². The molecule has 2 N–H and O–H groups in total. The van der Waals surface area contributed by atoms with Crippen molar-refractivity contribution in [1.82, 2.24) is 19.1 Å². The van der Waals surface area contributed by atoms with Gasteiger partial charge in [0.1, 0.15) is 11.3 Å². The van der Waals surface area contributed by atoms with Crippen molar-refractivity contribution in [2.45, 2.75) is 0 Å². The fourth-order valence-corrected chi connectivity index (χ4v) is 2.75. The van der Waals surface area contributed by atoms with Gasteiger partial charge >= 0.3 is 5.69 Å². The van der Waals surface area contributed by atoms with E-state index in [-0.39, 0.29) is 22.7 Å². The number of furan rings is 1. The average molecular weight is 353 g/mol. The molecule has 3 aromatic heterocycles. The second kappa shape index (κ2) is 5.66. The third kappa shape index (κ3) is 2.29. The van der Waals surface area contributed by atoms with E-state index in [2.05, 4.69) is 9.97 Å². The van der Waals surface area contributed by atoms with E-state index in [1.807, 2.05) is 0 Å². The van der Waals surface area contributed by atoms with E-state index in [0.29, 0.717) is 11.4 Å². The van der Waals surface area contributed by atoms with Crippen LogP contribution < -0.4 is 11.4 Å². The summed E-state index contributed by atoms with van der Waals surface area (Å²) in [5.41, 5.74) is 5.61. The third-order valence-corrected chi connectivity index (χ3v) is 3.95. The molecule has 8 nitrogen and oxygen atoms in total. The number of carbonyl (C=O) groups is 1. The fourth-order valence-electron chi connectivity index (χ4n) is 2.75. The molecule has 1 amide bonds. The number of hydrogen-bond donors (Lipinski definition) is 1. The molecule has 0 radical (unpaired) electrons. The Bertz CT molecular complexity index is 1190. The number of carbonyl (C=O) groups excluding carboxylic acids is 1. The minimum atomic E-state index is -0.808. The van der Waals surface area contributed by atoms with E-state index in [0.717, 1.165) is 0 Å². The summed E-state index contributed by atoms with van der Waals surface area (Å²) in [5, 5.41) is 0. The van der Waals surface area contributed by atoms with Crippen LogP contribution >= 0.6 is 0 Å². The molecule has 0 aliphatic carbocycles. The van der Waals surface area contributed by atoms with Crippen molar-refractivity contribution in [3.63, 3.8) is 0 Å². The second-order valence-corrected chi connectivity index (χ2v) is 5.56. The Morgan fingerprint density at radius 1 is 1.19 bits per heavy atom. The van der Waals surface area contributed by atoms with Crippen molar-refractivity contribution in [3.8, 4) is 17.3 Å². The van der Waals surface area contributed by atoms with Crippen LogP contribution in [0, 0.1) is 5.82 Å². The zero-order chi connectivity index (χ0) is 18.4. The molecule has 0 saturated carbocycles. The van der Waals surface area contributed by atoms with E-state index in [1.54, 1.807) is 12.1 Å². The lowest BCUT2D eigenvalue weighted by Crippen LogP contribution is -2.21. The van der Waals surface area contributed by atoms with Crippen molar-refractivity contribution in [3.05, 3.63) is 64.7 Å². The molecule has 4 aromatic rings. The standard InChI is InChI=1S/C17H12FN5O3/c1-22-13-12(14(19)24)20-15(11-3-2-8-26-11)21-16(13)23(17(22)25)10-6-4-9(18)5-7-10/h2-8H,1H3,(H2,19,24). The lowest BCUT2D eigenvalue weighted by Gasteiger charge is -2.05. The van der Waals surface area contributed by atoms with E-state index < -0.39 is 17.4 Å². The first-order valence-electron chi connectivity index (χ1n) is 7.56. The van der Waals surface area contributed by atoms with E-state index >= 15 is 0 Å². The predicted molar refractivity (Wildman–Crippen MR) is 90.3 cm³/mol. The minimum Gasteiger partial charge on any atom is -0.461 e. The predicted octanol–water partition coefficient (Wildman–Crippen LogP) is 1.62. The van der Waals surface area contributed by atoms with Gasteiger partial charge in [-0.1, -0.05) is 0 Å². The average Bonchev–Trinajstić information content (AvgIpc) is 3.24. The molecule has 0 fully saturated rings. The minimum absolute atomic E-state index is 0.109. The molecule has 130 valence electrons. The Labute approximate surface area is 145 Å². The highest BCUT2D eigenvalue weighted by Crippen LogP contribution is 2.23. The quantitative estimate of drug-likeness (QED) is 0.602. The third-order valence-electron chi connectivity index (χ3n) is 3.95. The van der Waals surface area contributed by atoms with Crippen LogP contribution in [0.3, 0.4) is 0 Å². The Balaban J connectivity index is 2.13. The van der Waals surface area contributed by atoms with Gasteiger partial charge in [-0.2, -0.15) is 0 Å². The summed E-state index contributed by atoms with van der Waals surface area (Å²) in [6, 6.07) is 8.60. The topological polar surface area (TPSA) is 109 Å². The van der Waals surface area contributed by atoms with Gasteiger partial charge in [0, 0.05) is 7.05 Å². The molecule has 1 aromatic carbocycles. The van der Waals surface area contributed by atoms with Gasteiger partial charge in [0.2, 0.25) is 0 Å². The van der Waals surface area contributed by atoms with Crippen LogP contribution in [0.5, 0.6) is 0 Å². The van der Waals surface area contributed by atoms with Crippen LogP contribution in [0.4, 0.5) is 4.39 Å². The van der Waals surface area contributed by atoms with E-state index in [9.17, 15) is 14.0 Å². The van der Waals surface area contributed by atoms with Crippen molar-refractivity contribution in [2.75, 3.05) is 0 Å². The molecule has 3 heterocycles. The summed E-state index contributed by atoms with van der Waals surface area (Å²) in [4.78, 5) is 33.2. The highest BCUT2D eigenvalue weighted by Gasteiger charge is 2.23. The largest absolute Gasteiger partial charge is 0.461 e. The number of nitrogens with two attached hydrogens (primary N) is 1. The SMILES string of the molecule is Cn1c(=O)n(-c2ccc(F)cc2)c2nc(-c3ccco3)nc(C(N)=O)c21. The first-order chi connectivity index (χ1) is 12.5. The van der Waals surface area contributed by atoms with E-state index in [4.69, 9.17) is 10.2 Å². The molecular weight excluding hydrogens is 341 g/mol. The summed E-state index contributed by atoms with van der Waals surface area (Å²) in [7, 11) is 1.48. The van der Waals surface area contributed by atoms with Crippen LogP contribution in [0.25, 0.3) is 28.4 Å². The lowest BCUT2D eigenvalue weighted by atomic mass is 10.3. The Hall–Kier alpha value is -3.75. The zero-order valence-electron chi connectivity index (χ0n) is 13.5. The first kappa shape index (κ1) is 15.8. The number of imidazole rings is 1. The van der Waals surface area contributed by atoms with Crippen molar-refractivity contribution in [2.24, 2.45) is 12.8 Å². The summed E-state index contributed by atoms with van der Waals surface area (Å²) in [5.74, 6) is -0.822. The molecule has 4 rings (SSSR count). The monoisotopic (exact) mass is 353 g/mol. The van der Waals surface area contributed by atoms with Gasteiger partial charge in [0.05, 0.1) is 12.0 Å². The number of amides is 1. The van der Waals surface area contributed by atoms with Crippen molar-refractivity contribution < 1.29 is 13.6 Å². The number of rotatable bonds is 3. The smallest absolute Gasteiger partial charge is 0.334 e. The van der Waals surface area contributed by atoms with Gasteiger partial charge in [-0.3, -0.25) is 9.36 Å². The number of primary amides is 1. The molecule has 0 aliphatic rings. The van der Waals surface area contributed by atoms with Gasteiger partial charge in [-0.15, -0.1) is 0 Å². The summed E-state index contributed by atoms with van der Waals surface area (Å²) in [6.07, 6.45) is 1.44. The second-order valence-electron chi connectivity index (χ2n) is 5.56. The summed E-state index contributed by atoms with van der Waals surface area (Å²) >= 11 is 0. The molecule has 0 aliphatic heterocycles. The van der Waals surface area contributed by atoms with Gasteiger partial charge in [-0.25, -0.2) is 23.7 Å². The van der Waals surface area contributed by atoms with Gasteiger partial charge in [-0.05, 0) is 36.4 Å². The molecule has 0 saturated heterocycles.